The molecule has 27 heavy (non-hydrogen) atoms. The van der Waals surface area contributed by atoms with Crippen molar-refractivity contribution in [3.63, 3.8) is 0 Å². The smallest absolute Gasteiger partial charge is 0.263 e. The lowest BCUT2D eigenvalue weighted by molar-refractivity contribution is 0.185. The zero-order valence-corrected chi connectivity index (χ0v) is 18.4. The van der Waals surface area contributed by atoms with Crippen LogP contribution in [-0.2, 0) is 34.8 Å². The summed E-state index contributed by atoms with van der Waals surface area (Å²) in [6, 6.07) is 0.833. The zero-order chi connectivity index (χ0) is 20.5. The molecule has 0 radical (unpaired) electrons. The highest BCUT2D eigenvalue weighted by atomic mass is 32.3. The number of fused-ring (bicyclic) bond motifs is 1. The van der Waals surface area contributed by atoms with E-state index in [0.717, 1.165) is 0 Å². The summed E-state index contributed by atoms with van der Waals surface area (Å²) in [7, 11) is -10.8. The first kappa shape index (κ1) is 22.7. The second kappa shape index (κ2) is 8.41. The van der Waals surface area contributed by atoms with Gasteiger partial charge < -0.3 is 10.1 Å². The molecule has 2 rings (SSSR count). The van der Waals surface area contributed by atoms with Crippen molar-refractivity contribution in [2.45, 2.75) is 27.8 Å². The Bertz CT molecular complexity index is 983. The third-order valence-corrected chi connectivity index (χ3v) is 10.8. The van der Waals surface area contributed by atoms with Crippen molar-refractivity contribution in [2.24, 2.45) is 0 Å². The van der Waals surface area contributed by atoms with Crippen LogP contribution in [0, 0.1) is 0 Å². The van der Waals surface area contributed by atoms with Gasteiger partial charge in [0.15, 0.2) is 0 Å². The van der Waals surface area contributed by atoms with Crippen LogP contribution >= 0.6 is 11.3 Å². The number of hydrogen-bond donors (Lipinski definition) is 2. The van der Waals surface area contributed by atoms with Gasteiger partial charge in [0, 0.05) is 38.4 Å². The molecular weight excluding hydrogens is 438 g/mol. The highest BCUT2D eigenvalue weighted by molar-refractivity contribution is 8.05. The topological polar surface area (TPSA) is 139 Å². The Labute approximate surface area is 164 Å². The van der Waals surface area contributed by atoms with Gasteiger partial charge in [-0.05, 0) is 19.0 Å². The monoisotopic (exact) mass is 461 g/mol. The van der Waals surface area contributed by atoms with Gasteiger partial charge >= 0.3 is 0 Å². The summed E-state index contributed by atoms with van der Waals surface area (Å²) in [5.74, 6) is 0. The van der Waals surface area contributed by atoms with E-state index < -0.39 is 36.1 Å². The molecule has 14 heteroatoms. The maximum Gasteiger partial charge on any atom is 0.263 e. The van der Waals surface area contributed by atoms with Crippen LogP contribution in [0.4, 0.5) is 0 Å². The number of nitrogens with zero attached hydrogens (tertiary/aromatic N) is 1. The molecule has 1 atom stereocenters. The summed E-state index contributed by atoms with van der Waals surface area (Å²) < 4.78 is 80.4. The lowest BCUT2D eigenvalue weighted by Crippen LogP contribution is -2.43. The van der Waals surface area contributed by atoms with Gasteiger partial charge in [0.25, 0.3) is 20.0 Å². The third kappa shape index (κ3) is 5.26. The Morgan fingerprint density at radius 2 is 2.00 bits per heavy atom. The number of nitrogens with one attached hydrogen (secondary N) is 2. The predicted molar refractivity (Wildman–Crippen MR) is 101 cm³/mol. The normalized spacial score (nSPS) is 20.5. The molecule has 0 aromatic carbocycles. The Hall–Kier alpha value is -0.610. The lowest BCUT2D eigenvalue weighted by Gasteiger charge is -2.32. The number of sulfonamides is 3. The molecule has 2 heterocycles. The fraction of sp³-hybridized carbons (Fsp3) is 0.692. The summed E-state index contributed by atoms with van der Waals surface area (Å²) in [4.78, 5) is 0. The fourth-order valence-corrected chi connectivity index (χ4v) is 9.22. The summed E-state index contributed by atoms with van der Waals surface area (Å²) in [5, 5.41) is 3.15. The SMILES string of the molecule is CCN[C@H]1CN(CCCOC)S(=O)(=O)c2sc(S(=O)(=O)NS(C)(=O)=O)cc21. The Kier molecular flexibility index (Phi) is 7.06. The molecule has 0 saturated carbocycles. The summed E-state index contributed by atoms with van der Waals surface area (Å²) in [6.45, 7) is 3.19. The fourth-order valence-electron chi connectivity index (χ4n) is 2.72. The summed E-state index contributed by atoms with van der Waals surface area (Å²) in [6.07, 6.45) is 1.21. The maximum absolute atomic E-state index is 12.9. The average Bonchev–Trinajstić information content (AvgIpc) is 2.97. The average molecular weight is 462 g/mol. The van der Waals surface area contributed by atoms with Crippen molar-refractivity contribution in [2.75, 3.05) is 39.6 Å². The zero-order valence-electron chi connectivity index (χ0n) is 15.1. The number of rotatable bonds is 9. The van der Waals surface area contributed by atoms with Gasteiger partial charge in [0.1, 0.15) is 8.42 Å². The van der Waals surface area contributed by atoms with Gasteiger partial charge in [-0.2, -0.15) is 4.31 Å². The van der Waals surface area contributed by atoms with Crippen molar-refractivity contribution in [1.82, 2.24) is 13.7 Å². The highest BCUT2D eigenvalue weighted by Crippen LogP contribution is 2.40. The summed E-state index contributed by atoms with van der Waals surface area (Å²) in [5.41, 5.74) is 0.332. The first-order chi connectivity index (χ1) is 12.4. The first-order valence-corrected chi connectivity index (χ1v) is 13.6. The lowest BCUT2D eigenvalue weighted by atomic mass is 10.1. The van der Waals surface area contributed by atoms with E-state index in [2.05, 4.69) is 5.32 Å². The molecule has 10 nitrogen and oxygen atoms in total. The first-order valence-electron chi connectivity index (χ1n) is 8.02. The van der Waals surface area contributed by atoms with Gasteiger partial charge in [-0.3, -0.25) is 0 Å². The molecule has 0 unspecified atom stereocenters. The second-order valence-corrected chi connectivity index (χ2v) is 13.1. The Balaban J connectivity index is 2.49. The van der Waals surface area contributed by atoms with Crippen molar-refractivity contribution >= 4 is 41.4 Å². The second-order valence-electron chi connectivity index (χ2n) is 5.99. The van der Waals surface area contributed by atoms with Gasteiger partial charge in [0.2, 0.25) is 10.0 Å². The largest absolute Gasteiger partial charge is 0.385 e. The van der Waals surface area contributed by atoms with Gasteiger partial charge in [0.05, 0.1) is 6.26 Å². The van der Waals surface area contributed by atoms with Crippen molar-refractivity contribution in [3.05, 3.63) is 11.6 Å². The van der Waals surface area contributed by atoms with E-state index in [-0.39, 0.29) is 21.5 Å². The predicted octanol–water partition coefficient (Wildman–Crippen LogP) is -0.323. The number of ether oxygens (including phenoxy) is 1. The van der Waals surface area contributed by atoms with Gasteiger partial charge in [-0.1, -0.05) is 6.92 Å². The minimum absolute atomic E-state index is 0.0917. The highest BCUT2D eigenvalue weighted by Gasteiger charge is 2.40. The number of methoxy groups -OCH3 is 1. The third-order valence-electron chi connectivity index (χ3n) is 3.77. The quantitative estimate of drug-likeness (QED) is 0.477. The van der Waals surface area contributed by atoms with E-state index in [9.17, 15) is 25.3 Å². The molecule has 0 bridgehead atoms. The molecule has 0 saturated heterocycles. The molecule has 0 spiro atoms. The van der Waals surface area contributed by atoms with Crippen LogP contribution < -0.4 is 9.44 Å². The van der Waals surface area contributed by atoms with Crippen molar-refractivity contribution < 1.29 is 30.0 Å². The molecule has 1 aliphatic heterocycles. The Morgan fingerprint density at radius 3 is 2.56 bits per heavy atom. The number of hydrogen-bond acceptors (Lipinski definition) is 9. The molecule has 156 valence electrons. The van der Waals surface area contributed by atoms with Gasteiger partial charge in [-0.15, -0.1) is 15.5 Å². The van der Waals surface area contributed by atoms with Crippen LogP contribution in [0.5, 0.6) is 0 Å². The van der Waals surface area contributed by atoms with Crippen LogP contribution in [0.2, 0.25) is 0 Å². The van der Waals surface area contributed by atoms with E-state index in [1.807, 2.05) is 6.92 Å². The van der Waals surface area contributed by atoms with Gasteiger partial charge in [-0.25, -0.2) is 25.3 Å². The molecule has 0 fully saturated rings. The standard InChI is InChI=1S/C13H23N3O7S4/c1-4-14-11-9-16(6-5-7-23-2)27(21,22)13-10(11)8-12(24-13)26(19,20)15-25(3,17)18/h8,11,14-15H,4-7,9H2,1-3H3/t11-/m0/s1. The Morgan fingerprint density at radius 1 is 1.33 bits per heavy atom. The number of thiophene rings is 1. The number of likely N-dealkylation sites (N-methyl/N-ethyl adjacent to an activating group) is 1. The molecular formula is C13H23N3O7S4. The van der Waals surface area contributed by atoms with Crippen LogP contribution in [0.15, 0.2) is 14.5 Å². The van der Waals surface area contributed by atoms with Crippen molar-refractivity contribution in [3.8, 4) is 0 Å². The minimum atomic E-state index is -4.39. The van der Waals surface area contributed by atoms with Crippen LogP contribution in [0.3, 0.4) is 0 Å². The minimum Gasteiger partial charge on any atom is -0.385 e. The molecule has 0 amide bonds. The van der Waals surface area contributed by atoms with E-state index in [0.29, 0.717) is 42.7 Å². The van der Waals surface area contributed by atoms with E-state index in [1.165, 1.54) is 17.5 Å². The van der Waals surface area contributed by atoms with Crippen molar-refractivity contribution in [1.29, 1.82) is 0 Å². The van der Waals surface area contributed by atoms with Crippen LogP contribution in [0.25, 0.3) is 0 Å². The van der Waals surface area contributed by atoms with Crippen LogP contribution in [-0.4, -0.2) is 69.2 Å². The van der Waals surface area contributed by atoms with Crippen LogP contribution in [0.1, 0.15) is 24.9 Å². The van der Waals surface area contributed by atoms with E-state index in [1.54, 1.807) is 4.13 Å². The van der Waals surface area contributed by atoms with E-state index in [4.69, 9.17) is 4.74 Å². The molecule has 1 aromatic heterocycles. The molecule has 0 aliphatic carbocycles. The maximum atomic E-state index is 12.9. The van der Waals surface area contributed by atoms with E-state index >= 15 is 0 Å². The molecule has 2 N–H and O–H groups in total. The summed E-state index contributed by atoms with van der Waals surface area (Å²) >= 11 is 0.547. The molecule has 1 aliphatic rings. The molecule has 1 aromatic rings.